The Kier molecular flexibility index (Phi) is 5.74. The molecule has 136 valence electrons. The van der Waals surface area contributed by atoms with Crippen LogP contribution in [0.25, 0.3) is 0 Å². The molecule has 1 aliphatic heterocycles. The van der Waals surface area contributed by atoms with E-state index in [0.29, 0.717) is 6.61 Å². The SMILES string of the molecule is F/C(=[CH]/[Sn]([c]1ccccc1)([c]1ccccc1)[c]1ccccc1)C1CCCO1. The molecule has 0 N–H and O–H groups in total. The Labute approximate surface area is 164 Å². The van der Waals surface area contributed by atoms with Crippen molar-refractivity contribution in [2.45, 2.75) is 18.9 Å². The van der Waals surface area contributed by atoms with Gasteiger partial charge in [-0.2, -0.15) is 0 Å². The van der Waals surface area contributed by atoms with Gasteiger partial charge in [0.25, 0.3) is 0 Å². The topological polar surface area (TPSA) is 9.23 Å². The molecule has 0 saturated carbocycles. The summed E-state index contributed by atoms with van der Waals surface area (Å²) in [7, 11) is 0. The molecule has 3 heteroatoms. The van der Waals surface area contributed by atoms with Crippen molar-refractivity contribution in [2.24, 2.45) is 0 Å². The number of benzene rings is 3. The molecule has 0 aromatic heterocycles. The molecule has 4 rings (SSSR count). The summed E-state index contributed by atoms with van der Waals surface area (Å²) < 4.78 is 26.8. The van der Waals surface area contributed by atoms with Crippen LogP contribution in [0.1, 0.15) is 12.8 Å². The van der Waals surface area contributed by atoms with E-state index in [1.807, 2.05) is 22.3 Å². The fraction of sp³-hybridized carbons (Fsp3) is 0.167. The van der Waals surface area contributed by atoms with Gasteiger partial charge in [-0.15, -0.1) is 0 Å². The van der Waals surface area contributed by atoms with Crippen molar-refractivity contribution < 1.29 is 9.13 Å². The Morgan fingerprint density at radius 2 is 1.22 bits per heavy atom. The summed E-state index contributed by atoms with van der Waals surface area (Å²) in [6.07, 6.45) is 1.30. The monoisotopic (exact) mass is 466 g/mol. The first-order valence-corrected chi connectivity index (χ1v) is 15.4. The zero-order valence-corrected chi connectivity index (χ0v) is 18.1. The van der Waals surface area contributed by atoms with Crippen LogP contribution in [0.5, 0.6) is 0 Å². The average Bonchev–Trinajstić information content (AvgIpc) is 3.29. The van der Waals surface area contributed by atoms with E-state index in [0.717, 1.165) is 12.8 Å². The summed E-state index contributed by atoms with van der Waals surface area (Å²) in [5.74, 6) is -0.0974. The molecule has 0 aliphatic carbocycles. The third kappa shape index (κ3) is 3.74. The summed E-state index contributed by atoms with van der Waals surface area (Å²) in [4.78, 5) is 0. The van der Waals surface area contributed by atoms with E-state index in [1.165, 1.54) is 10.7 Å². The van der Waals surface area contributed by atoms with Gasteiger partial charge in [0.1, 0.15) is 0 Å². The van der Waals surface area contributed by atoms with Crippen LogP contribution in [0.4, 0.5) is 4.39 Å². The predicted octanol–water partition coefficient (Wildman–Crippen LogP) is 3.73. The Balaban J connectivity index is 1.99. The van der Waals surface area contributed by atoms with Crippen LogP contribution in [-0.2, 0) is 4.74 Å². The van der Waals surface area contributed by atoms with E-state index >= 15 is 4.39 Å². The molecule has 0 spiro atoms. The quantitative estimate of drug-likeness (QED) is 0.523. The van der Waals surface area contributed by atoms with Crippen molar-refractivity contribution in [3.63, 3.8) is 0 Å². The molecular formula is C24H23FOSn. The van der Waals surface area contributed by atoms with Gasteiger partial charge in [0.15, 0.2) is 0 Å². The van der Waals surface area contributed by atoms with Gasteiger partial charge in [0, 0.05) is 0 Å². The summed E-state index contributed by atoms with van der Waals surface area (Å²) in [6, 6.07) is 31.4. The Bertz CT molecular complexity index is 791. The Hall–Kier alpha value is -1.91. The Morgan fingerprint density at radius 3 is 1.59 bits per heavy atom. The standard InChI is InChI=1S/C6H8FO.3C6H5.Sn/c1-5(7)6-3-2-4-8-6;3*1-2-4-6-5-3-1;/h1,6H,2-4H2;3*1-5H;. The molecular weight excluding hydrogens is 442 g/mol. The van der Waals surface area contributed by atoms with Gasteiger partial charge >= 0.3 is 165 Å². The van der Waals surface area contributed by atoms with Gasteiger partial charge in [-0.25, -0.2) is 0 Å². The van der Waals surface area contributed by atoms with Crippen LogP contribution in [0.2, 0.25) is 0 Å². The minimum atomic E-state index is -3.68. The molecule has 1 unspecified atom stereocenters. The molecule has 1 saturated heterocycles. The van der Waals surface area contributed by atoms with Gasteiger partial charge in [-0.05, 0) is 0 Å². The first kappa shape index (κ1) is 18.5. The maximum atomic E-state index is 15.4. The van der Waals surface area contributed by atoms with E-state index in [-0.39, 0.29) is 5.83 Å². The van der Waals surface area contributed by atoms with Gasteiger partial charge in [-0.1, -0.05) is 0 Å². The molecule has 1 nitrogen and oxygen atoms in total. The molecule has 3 aromatic rings. The molecule has 0 amide bonds. The van der Waals surface area contributed by atoms with Crippen molar-refractivity contribution >= 4 is 29.1 Å². The number of ether oxygens (including phenoxy) is 1. The normalized spacial score (nSPS) is 17.8. The summed E-state index contributed by atoms with van der Waals surface area (Å²) in [5, 5.41) is 0. The van der Waals surface area contributed by atoms with Gasteiger partial charge < -0.3 is 0 Å². The predicted molar refractivity (Wildman–Crippen MR) is 112 cm³/mol. The molecule has 0 bridgehead atoms. The Morgan fingerprint density at radius 1 is 0.778 bits per heavy atom. The van der Waals surface area contributed by atoms with Crippen molar-refractivity contribution in [3.05, 3.63) is 101 Å². The van der Waals surface area contributed by atoms with Crippen LogP contribution in [0, 0.1) is 0 Å². The molecule has 1 heterocycles. The summed E-state index contributed by atoms with van der Waals surface area (Å²) >= 11 is -3.68. The van der Waals surface area contributed by atoms with Crippen LogP contribution in [0.15, 0.2) is 101 Å². The van der Waals surface area contributed by atoms with Crippen molar-refractivity contribution in [1.82, 2.24) is 0 Å². The number of hydrogen-bond donors (Lipinski definition) is 0. The van der Waals surface area contributed by atoms with Gasteiger partial charge in [0.2, 0.25) is 0 Å². The maximum absolute atomic E-state index is 15.4. The average molecular weight is 465 g/mol. The third-order valence-electron chi connectivity index (χ3n) is 5.28. The van der Waals surface area contributed by atoms with E-state index in [2.05, 4.69) is 72.8 Å². The molecule has 1 aliphatic rings. The van der Waals surface area contributed by atoms with Gasteiger partial charge in [-0.3, -0.25) is 0 Å². The fourth-order valence-corrected chi connectivity index (χ4v) is 16.1. The first-order chi connectivity index (χ1) is 13.3. The molecule has 27 heavy (non-hydrogen) atoms. The van der Waals surface area contributed by atoms with Crippen molar-refractivity contribution in [2.75, 3.05) is 6.61 Å². The molecule has 1 fully saturated rings. The molecule has 0 radical (unpaired) electrons. The molecule has 3 aromatic carbocycles. The summed E-state index contributed by atoms with van der Waals surface area (Å²) in [6.45, 7) is 0.649. The van der Waals surface area contributed by atoms with E-state index in [4.69, 9.17) is 4.74 Å². The second kappa shape index (κ2) is 8.40. The number of halogens is 1. The third-order valence-corrected chi connectivity index (χ3v) is 18.0. The van der Waals surface area contributed by atoms with E-state index in [1.54, 1.807) is 0 Å². The molecule has 1 atom stereocenters. The number of hydrogen-bond acceptors (Lipinski definition) is 1. The second-order valence-corrected chi connectivity index (χ2v) is 17.3. The van der Waals surface area contributed by atoms with Crippen LogP contribution in [0.3, 0.4) is 0 Å². The van der Waals surface area contributed by atoms with Crippen LogP contribution in [-0.4, -0.2) is 31.1 Å². The first-order valence-electron chi connectivity index (χ1n) is 9.47. The zero-order valence-electron chi connectivity index (χ0n) is 15.2. The summed E-state index contributed by atoms with van der Waals surface area (Å²) in [5.41, 5.74) is 0. The number of rotatable bonds is 5. The second-order valence-electron chi connectivity index (χ2n) is 6.94. The van der Waals surface area contributed by atoms with Crippen molar-refractivity contribution in [1.29, 1.82) is 0 Å². The fourth-order valence-electron chi connectivity index (χ4n) is 3.95. The van der Waals surface area contributed by atoms with Crippen LogP contribution < -0.4 is 10.7 Å². The minimum absolute atomic E-state index is 0.0974. The van der Waals surface area contributed by atoms with E-state index in [9.17, 15) is 0 Å². The van der Waals surface area contributed by atoms with Crippen LogP contribution >= 0.6 is 0 Å². The van der Waals surface area contributed by atoms with E-state index < -0.39 is 24.5 Å². The van der Waals surface area contributed by atoms with Gasteiger partial charge in [0.05, 0.1) is 0 Å². The zero-order chi connectivity index (χ0) is 18.5. The van der Waals surface area contributed by atoms with Crippen molar-refractivity contribution in [3.8, 4) is 0 Å².